The van der Waals surface area contributed by atoms with Crippen LogP contribution in [0.25, 0.3) is 0 Å². The number of pyridine rings is 1. The Balaban J connectivity index is 0.00000163. The molecule has 0 radical (unpaired) electrons. The molecular weight excluding hydrogens is 318 g/mol. The minimum atomic E-state index is 0.850. The minimum absolute atomic E-state index is 0.850. The highest BCUT2D eigenvalue weighted by Crippen LogP contribution is 2.15. The highest BCUT2D eigenvalue weighted by molar-refractivity contribution is 6.09. The van der Waals surface area contributed by atoms with Gasteiger partial charge in [0.2, 0.25) is 0 Å². The molecule has 0 bridgehead atoms. The molecule has 144 valence electrons. The largest absolute Gasteiger partial charge is 0.298 e. The van der Waals surface area contributed by atoms with Gasteiger partial charge < -0.3 is 0 Å². The van der Waals surface area contributed by atoms with Crippen LogP contribution in [0.1, 0.15) is 70.6 Å². The lowest BCUT2D eigenvalue weighted by molar-refractivity contribution is 0.246. The first-order valence-electron chi connectivity index (χ1n) is 10.3. The molecule has 3 nitrogen and oxygen atoms in total. The number of nitrogens with zero attached hydrogens (tertiary/aromatic N) is 3. The Hall–Kier alpha value is -1.74. The lowest BCUT2D eigenvalue weighted by Gasteiger charge is -2.26. The fourth-order valence-electron chi connectivity index (χ4n) is 3.21. The molecule has 0 atom stereocenters. The summed E-state index contributed by atoms with van der Waals surface area (Å²) in [5.74, 6) is 0. The number of aromatic nitrogens is 1. The molecule has 1 aromatic heterocycles. The Morgan fingerprint density at radius 3 is 2.62 bits per heavy atom. The molecule has 1 aliphatic rings. The molecule has 0 aliphatic carbocycles. The third-order valence-electron chi connectivity index (χ3n) is 4.51. The van der Waals surface area contributed by atoms with E-state index in [2.05, 4.69) is 36.0 Å². The van der Waals surface area contributed by atoms with Gasteiger partial charge in [-0.25, -0.2) is 0 Å². The highest BCUT2D eigenvalue weighted by atomic mass is 15.1. The molecule has 0 unspecified atom stereocenters. The van der Waals surface area contributed by atoms with Crippen LogP contribution in [0.5, 0.6) is 0 Å². The average molecular weight is 356 g/mol. The third kappa shape index (κ3) is 7.65. The van der Waals surface area contributed by atoms with Gasteiger partial charge >= 0.3 is 0 Å². The van der Waals surface area contributed by atoms with Crippen molar-refractivity contribution in [3.05, 3.63) is 54.5 Å². The lowest BCUT2D eigenvalue weighted by atomic mass is 10.0. The maximum absolute atomic E-state index is 4.77. The van der Waals surface area contributed by atoms with E-state index in [-0.39, 0.29) is 0 Å². The van der Waals surface area contributed by atoms with Gasteiger partial charge in [0.25, 0.3) is 0 Å². The molecule has 2 heterocycles. The molecule has 1 fully saturated rings. The van der Waals surface area contributed by atoms with Crippen molar-refractivity contribution in [1.82, 2.24) is 9.88 Å². The Labute approximate surface area is 160 Å². The van der Waals surface area contributed by atoms with Crippen molar-refractivity contribution >= 4 is 5.71 Å². The van der Waals surface area contributed by atoms with Crippen molar-refractivity contribution < 1.29 is 0 Å². The molecular formula is C23H37N3. The van der Waals surface area contributed by atoms with Gasteiger partial charge in [0.15, 0.2) is 0 Å². The summed E-state index contributed by atoms with van der Waals surface area (Å²) >= 11 is 0. The van der Waals surface area contributed by atoms with Crippen LogP contribution in [0.4, 0.5) is 0 Å². The van der Waals surface area contributed by atoms with Crippen LogP contribution in [0.3, 0.4) is 0 Å². The normalized spacial score (nSPS) is 15.1. The number of aliphatic imine (C=N–C) groups is 1. The van der Waals surface area contributed by atoms with Gasteiger partial charge in [0, 0.05) is 29.7 Å². The highest BCUT2D eigenvalue weighted by Gasteiger charge is 2.12. The van der Waals surface area contributed by atoms with Crippen LogP contribution in [0, 0.1) is 0 Å². The molecule has 1 aromatic rings. The van der Waals surface area contributed by atoms with Crippen molar-refractivity contribution in [2.45, 2.75) is 65.7 Å². The summed E-state index contributed by atoms with van der Waals surface area (Å²) in [5.41, 5.74) is 4.03. The van der Waals surface area contributed by atoms with Crippen LogP contribution < -0.4 is 0 Å². The van der Waals surface area contributed by atoms with Crippen LogP contribution in [-0.2, 0) is 6.42 Å². The summed E-state index contributed by atoms with van der Waals surface area (Å²) < 4.78 is 0. The summed E-state index contributed by atoms with van der Waals surface area (Å²) in [6.45, 7) is 17.5. The predicted octanol–water partition coefficient (Wildman–Crippen LogP) is 5.82. The summed E-state index contributed by atoms with van der Waals surface area (Å²) in [7, 11) is 0. The van der Waals surface area contributed by atoms with Gasteiger partial charge in [0.05, 0.1) is 5.71 Å². The fourth-order valence-corrected chi connectivity index (χ4v) is 3.21. The van der Waals surface area contributed by atoms with E-state index in [9.17, 15) is 0 Å². The van der Waals surface area contributed by atoms with Crippen LogP contribution in [0.15, 0.2) is 48.3 Å². The monoisotopic (exact) mass is 355 g/mol. The Bertz CT molecular complexity index is 569. The molecule has 2 rings (SSSR count). The van der Waals surface area contributed by atoms with Crippen molar-refractivity contribution in [2.75, 3.05) is 19.6 Å². The number of hydrogen-bond acceptors (Lipinski definition) is 3. The van der Waals surface area contributed by atoms with Gasteiger partial charge in [-0.3, -0.25) is 14.9 Å². The molecule has 3 heteroatoms. The van der Waals surface area contributed by atoms with Crippen LogP contribution in [-0.4, -0.2) is 35.2 Å². The minimum Gasteiger partial charge on any atom is -0.298 e. The van der Waals surface area contributed by atoms with Crippen LogP contribution >= 0.6 is 0 Å². The number of piperidine rings is 1. The molecule has 0 aromatic carbocycles. The van der Waals surface area contributed by atoms with E-state index < -0.39 is 0 Å². The number of hydrogen-bond donors (Lipinski definition) is 0. The zero-order valence-electron chi connectivity index (χ0n) is 17.1. The predicted molar refractivity (Wildman–Crippen MR) is 115 cm³/mol. The molecule has 26 heavy (non-hydrogen) atoms. The Morgan fingerprint density at radius 1 is 1.23 bits per heavy atom. The Morgan fingerprint density at radius 2 is 1.96 bits per heavy atom. The standard InChI is InChI=1S/C21H31N3.C2H6/c1-4-6-8-13-21-19(12-11-14-22-21)20(5-2)23-18(3)17-24-15-9-7-10-16-24;1-2/h5,11-12,14H,2-4,6-10,13,15-17H2,1H3;1-2H3. The van der Waals surface area contributed by atoms with E-state index in [1.54, 1.807) is 0 Å². The van der Waals surface area contributed by atoms with E-state index in [4.69, 9.17) is 4.99 Å². The van der Waals surface area contributed by atoms with Crippen molar-refractivity contribution in [1.29, 1.82) is 0 Å². The summed E-state index contributed by atoms with van der Waals surface area (Å²) in [6, 6.07) is 4.08. The topological polar surface area (TPSA) is 28.5 Å². The molecule has 0 spiro atoms. The van der Waals surface area contributed by atoms with Gasteiger partial charge in [-0.2, -0.15) is 0 Å². The summed E-state index contributed by atoms with van der Waals surface area (Å²) in [5, 5.41) is 0. The van der Waals surface area contributed by atoms with Crippen molar-refractivity contribution in [3.63, 3.8) is 0 Å². The maximum Gasteiger partial charge on any atom is 0.0718 e. The second kappa shape index (κ2) is 13.5. The number of allylic oxidation sites excluding steroid dienone is 1. The van der Waals surface area contributed by atoms with E-state index >= 15 is 0 Å². The van der Waals surface area contributed by atoms with Crippen LogP contribution in [0.2, 0.25) is 0 Å². The first-order chi connectivity index (χ1) is 12.7. The van der Waals surface area contributed by atoms with E-state index in [1.807, 2.05) is 32.2 Å². The van der Waals surface area contributed by atoms with Crippen molar-refractivity contribution in [3.8, 4) is 0 Å². The van der Waals surface area contributed by atoms with E-state index in [0.717, 1.165) is 48.7 Å². The first kappa shape index (κ1) is 22.3. The molecule has 0 saturated carbocycles. The molecule has 1 saturated heterocycles. The Kier molecular flexibility index (Phi) is 11.5. The van der Waals surface area contributed by atoms with Gasteiger partial charge in [-0.05, 0) is 57.0 Å². The molecule has 1 aliphatic heterocycles. The van der Waals surface area contributed by atoms with Gasteiger partial charge in [-0.15, -0.1) is 0 Å². The summed E-state index contributed by atoms with van der Waals surface area (Å²) in [4.78, 5) is 11.8. The number of aryl methyl sites for hydroxylation is 1. The van der Waals surface area contributed by atoms with Gasteiger partial charge in [-0.1, -0.05) is 53.2 Å². The zero-order chi connectivity index (χ0) is 19.2. The lowest BCUT2D eigenvalue weighted by Crippen LogP contribution is -2.31. The fraction of sp³-hybridized carbons (Fsp3) is 0.565. The SMILES string of the molecule is C=CC(=NC(=C)CN1CCCCC1)c1cccnc1CCCCC.CC. The second-order valence-corrected chi connectivity index (χ2v) is 6.56. The quantitative estimate of drug-likeness (QED) is 0.413. The number of unbranched alkanes of at least 4 members (excludes halogenated alkanes) is 2. The maximum atomic E-state index is 4.77. The van der Waals surface area contributed by atoms with Gasteiger partial charge in [0.1, 0.15) is 0 Å². The first-order valence-corrected chi connectivity index (χ1v) is 10.3. The molecule has 0 N–H and O–H groups in total. The van der Waals surface area contributed by atoms with E-state index in [0.29, 0.717) is 0 Å². The number of rotatable bonds is 9. The summed E-state index contributed by atoms with van der Waals surface area (Å²) in [6.07, 6.45) is 12.2. The second-order valence-electron chi connectivity index (χ2n) is 6.56. The molecule has 0 amide bonds. The zero-order valence-corrected chi connectivity index (χ0v) is 17.1. The smallest absolute Gasteiger partial charge is 0.0718 e. The van der Waals surface area contributed by atoms with E-state index in [1.165, 1.54) is 38.5 Å². The third-order valence-corrected chi connectivity index (χ3v) is 4.51. The average Bonchev–Trinajstić information content (AvgIpc) is 2.69. The number of likely N-dealkylation sites (tertiary alicyclic amines) is 1. The van der Waals surface area contributed by atoms with Crippen molar-refractivity contribution in [2.24, 2.45) is 4.99 Å².